The summed E-state index contributed by atoms with van der Waals surface area (Å²) in [4.78, 5) is 26.3. The van der Waals surface area contributed by atoms with Gasteiger partial charge in [-0.15, -0.1) is 0 Å². The highest BCUT2D eigenvalue weighted by Gasteiger charge is 2.27. The van der Waals surface area contributed by atoms with Gasteiger partial charge < -0.3 is 15.1 Å². The number of carbonyl (C=O) groups is 2. The largest absolute Gasteiger partial charge is 0.449 e. The molecule has 0 saturated carbocycles. The Balaban J connectivity index is 1.41. The van der Waals surface area contributed by atoms with E-state index in [2.05, 4.69) is 10.6 Å². The van der Waals surface area contributed by atoms with Crippen molar-refractivity contribution in [3.05, 3.63) is 89.7 Å². The predicted octanol–water partition coefficient (Wildman–Crippen LogP) is 5.03. The molecular formula is C27H25N3O5S. The molecule has 4 aromatic rings. The van der Waals surface area contributed by atoms with Crippen molar-refractivity contribution in [1.29, 1.82) is 0 Å². The molecule has 1 aromatic heterocycles. The van der Waals surface area contributed by atoms with Crippen LogP contribution in [-0.2, 0) is 10.0 Å². The van der Waals surface area contributed by atoms with Crippen LogP contribution >= 0.6 is 0 Å². The predicted molar refractivity (Wildman–Crippen MR) is 138 cm³/mol. The Labute approximate surface area is 209 Å². The van der Waals surface area contributed by atoms with E-state index in [1.807, 2.05) is 19.1 Å². The van der Waals surface area contributed by atoms with E-state index < -0.39 is 21.8 Å². The normalized spacial score (nSPS) is 14.1. The van der Waals surface area contributed by atoms with Crippen molar-refractivity contribution < 1.29 is 22.4 Å². The average Bonchev–Trinajstić information content (AvgIpc) is 3.55. The van der Waals surface area contributed by atoms with Crippen molar-refractivity contribution in [3.63, 3.8) is 0 Å². The van der Waals surface area contributed by atoms with Crippen LogP contribution in [0.25, 0.3) is 11.0 Å². The minimum absolute atomic E-state index is 0.0293. The van der Waals surface area contributed by atoms with Crippen LogP contribution < -0.4 is 10.6 Å². The molecule has 0 bridgehead atoms. The number of fused-ring (bicyclic) bond motifs is 1. The van der Waals surface area contributed by atoms with E-state index in [0.717, 1.165) is 18.4 Å². The minimum Gasteiger partial charge on any atom is -0.449 e. The van der Waals surface area contributed by atoms with Gasteiger partial charge in [0.25, 0.3) is 11.8 Å². The Kier molecular flexibility index (Phi) is 6.34. The van der Waals surface area contributed by atoms with E-state index in [9.17, 15) is 18.0 Å². The topological polar surface area (TPSA) is 109 Å². The van der Waals surface area contributed by atoms with Gasteiger partial charge in [-0.25, -0.2) is 8.42 Å². The third-order valence-corrected chi connectivity index (χ3v) is 8.08. The summed E-state index contributed by atoms with van der Waals surface area (Å²) in [6, 6.07) is 20.1. The van der Waals surface area contributed by atoms with Crippen LogP contribution in [0.5, 0.6) is 0 Å². The summed E-state index contributed by atoms with van der Waals surface area (Å²) in [6.45, 7) is 2.96. The van der Waals surface area contributed by atoms with Crippen molar-refractivity contribution in [1.82, 2.24) is 4.31 Å². The molecule has 1 aliphatic heterocycles. The number of furan rings is 1. The highest BCUT2D eigenvalue weighted by Crippen LogP contribution is 2.32. The first-order valence-corrected chi connectivity index (χ1v) is 13.1. The van der Waals surface area contributed by atoms with E-state index in [4.69, 9.17) is 4.42 Å². The molecular weight excluding hydrogens is 478 g/mol. The molecule has 2 heterocycles. The fourth-order valence-electron chi connectivity index (χ4n) is 4.20. The number of benzene rings is 3. The van der Waals surface area contributed by atoms with Crippen LogP contribution in [0.3, 0.4) is 0 Å². The van der Waals surface area contributed by atoms with Crippen LogP contribution in [0.2, 0.25) is 0 Å². The zero-order valence-corrected chi connectivity index (χ0v) is 20.5. The molecule has 0 aliphatic carbocycles. The molecule has 5 rings (SSSR count). The Morgan fingerprint density at radius 3 is 2.19 bits per heavy atom. The molecule has 3 aromatic carbocycles. The van der Waals surface area contributed by atoms with Gasteiger partial charge in [0.05, 0.1) is 4.90 Å². The Hall–Kier alpha value is -3.95. The van der Waals surface area contributed by atoms with Crippen LogP contribution in [0.15, 0.2) is 82.1 Å². The minimum atomic E-state index is -3.58. The summed E-state index contributed by atoms with van der Waals surface area (Å²) >= 11 is 0. The maximum absolute atomic E-state index is 13.1. The van der Waals surface area contributed by atoms with Crippen molar-refractivity contribution in [2.24, 2.45) is 0 Å². The number of hydrogen-bond donors (Lipinski definition) is 2. The van der Waals surface area contributed by atoms with Gasteiger partial charge in [-0.05, 0) is 68.3 Å². The lowest BCUT2D eigenvalue weighted by Crippen LogP contribution is -2.27. The highest BCUT2D eigenvalue weighted by molar-refractivity contribution is 7.89. The Bertz CT molecular complexity index is 1530. The fourth-order valence-corrected chi connectivity index (χ4v) is 5.71. The van der Waals surface area contributed by atoms with E-state index in [0.29, 0.717) is 29.7 Å². The summed E-state index contributed by atoms with van der Waals surface area (Å²) < 4.78 is 32.8. The fraction of sp³-hybridized carbons (Fsp3) is 0.185. The number of aryl methyl sites for hydroxylation is 1. The lowest BCUT2D eigenvalue weighted by Gasteiger charge is -2.15. The molecule has 36 heavy (non-hydrogen) atoms. The molecule has 0 spiro atoms. The van der Waals surface area contributed by atoms with Crippen LogP contribution in [-0.4, -0.2) is 37.6 Å². The number of carbonyl (C=O) groups excluding carboxylic acids is 2. The lowest BCUT2D eigenvalue weighted by atomic mass is 10.1. The van der Waals surface area contributed by atoms with E-state index >= 15 is 0 Å². The lowest BCUT2D eigenvalue weighted by molar-refractivity contribution is 0.0999. The summed E-state index contributed by atoms with van der Waals surface area (Å²) in [5, 5.41) is 6.16. The third kappa shape index (κ3) is 4.62. The highest BCUT2D eigenvalue weighted by atomic mass is 32.2. The van der Waals surface area contributed by atoms with Crippen LogP contribution in [0.1, 0.15) is 39.3 Å². The molecule has 1 fully saturated rings. The second-order valence-corrected chi connectivity index (χ2v) is 10.7. The van der Waals surface area contributed by atoms with Gasteiger partial charge in [0, 0.05) is 29.7 Å². The summed E-state index contributed by atoms with van der Waals surface area (Å²) in [5.74, 6) is -1.02. The van der Waals surface area contributed by atoms with Gasteiger partial charge >= 0.3 is 0 Å². The molecule has 9 heteroatoms. The molecule has 8 nitrogen and oxygen atoms in total. The van der Waals surface area contributed by atoms with Crippen molar-refractivity contribution >= 4 is 44.2 Å². The molecule has 0 atom stereocenters. The Morgan fingerprint density at radius 1 is 0.833 bits per heavy atom. The molecule has 1 aliphatic rings. The number of nitrogens with zero attached hydrogens (tertiary/aromatic N) is 1. The number of amides is 2. The van der Waals surface area contributed by atoms with Gasteiger partial charge in [0.1, 0.15) is 11.3 Å². The van der Waals surface area contributed by atoms with Crippen LogP contribution in [0, 0.1) is 6.92 Å². The number of anilines is 2. The Morgan fingerprint density at radius 2 is 1.50 bits per heavy atom. The molecule has 0 unspecified atom stereocenters. The number of rotatable bonds is 6. The second-order valence-electron chi connectivity index (χ2n) is 8.71. The molecule has 2 N–H and O–H groups in total. The molecule has 1 saturated heterocycles. The number of sulfonamides is 1. The van der Waals surface area contributed by atoms with Gasteiger partial charge in [0.2, 0.25) is 15.8 Å². The zero-order chi connectivity index (χ0) is 25.3. The SMILES string of the molecule is Cc1ccc(NC(=O)c2oc3ccccc3c2NC(=O)c2ccc(S(=O)(=O)N3CCCC3)cc2)cc1. The molecule has 0 radical (unpaired) electrons. The number of nitrogens with one attached hydrogen (secondary N) is 2. The first-order chi connectivity index (χ1) is 17.3. The van der Waals surface area contributed by atoms with Crippen LogP contribution in [0.4, 0.5) is 11.4 Å². The third-order valence-electron chi connectivity index (χ3n) is 6.17. The molecule has 2 amide bonds. The quantitative estimate of drug-likeness (QED) is 0.384. The zero-order valence-electron chi connectivity index (χ0n) is 19.7. The summed E-state index contributed by atoms with van der Waals surface area (Å²) in [7, 11) is -3.58. The average molecular weight is 504 g/mol. The van der Waals surface area contributed by atoms with Gasteiger partial charge in [-0.2, -0.15) is 4.31 Å². The van der Waals surface area contributed by atoms with Crippen molar-refractivity contribution in [2.45, 2.75) is 24.7 Å². The van der Waals surface area contributed by atoms with E-state index in [1.165, 1.54) is 28.6 Å². The number of para-hydroxylation sites is 1. The monoisotopic (exact) mass is 503 g/mol. The smallest absolute Gasteiger partial charge is 0.293 e. The summed E-state index contributed by atoms with van der Waals surface area (Å²) in [6.07, 6.45) is 1.69. The number of hydrogen-bond acceptors (Lipinski definition) is 5. The standard InChI is InChI=1S/C27H25N3O5S/c1-18-8-12-20(13-9-18)28-27(32)25-24(22-6-2-3-7-23(22)35-25)29-26(31)19-10-14-21(15-11-19)36(33,34)30-16-4-5-17-30/h2-3,6-15H,4-5,16-17H2,1H3,(H,28,32)(H,29,31). The van der Waals surface area contributed by atoms with Gasteiger partial charge in [-0.1, -0.05) is 29.8 Å². The van der Waals surface area contributed by atoms with E-state index in [1.54, 1.807) is 36.4 Å². The second kappa shape index (κ2) is 9.60. The summed E-state index contributed by atoms with van der Waals surface area (Å²) in [5.41, 5.74) is 2.61. The van der Waals surface area contributed by atoms with Crippen molar-refractivity contribution in [3.8, 4) is 0 Å². The maximum atomic E-state index is 13.1. The van der Waals surface area contributed by atoms with Gasteiger partial charge in [0.15, 0.2) is 0 Å². The van der Waals surface area contributed by atoms with Crippen molar-refractivity contribution in [2.75, 3.05) is 23.7 Å². The molecule has 184 valence electrons. The first-order valence-electron chi connectivity index (χ1n) is 11.6. The van der Waals surface area contributed by atoms with Gasteiger partial charge in [-0.3, -0.25) is 9.59 Å². The maximum Gasteiger partial charge on any atom is 0.293 e. The van der Waals surface area contributed by atoms with E-state index in [-0.39, 0.29) is 21.9 Å². The first kappa shape index (κ1) is 23.8.